The van der Waals surface area contributed by atoms with Crippen LogP contribution >= 0.6 is 15.6 Å². The molecule has 0 saturated carbocycles. The van der Waals surface area contributed by atoms with Gasteiger partial charge in [-0.25, -0.2) is 9.13 Å². The van der Waals surface area contributed by atoms with Crippen molar-refractivity contribution in [2.24, 2.45) is 17.8 Å². The zero-order chi connectivity index (χ0) is 73.0. The van der Waals surface area contributed by atoms with Crippen LogP contribution < -0.4 is 0 Å². The molecule has 0 aromatic carbocycles. The minimum Gasteiger partial charge on any atom is -0.462 e. The molecule has 0 aromatic rings. The molecule has 0 aromatic heterocycles. The van der Waals surface area contributed by atoms with Gasteiger partial charge in [0.2, 0.25) is 0 Å². The van der Waals surface area contributed by atoms with Crippen molar-refractivity contribution in [2.75, 3.05) is 39.6 Å². The first-order chi connectivity index (χ1) is 47.8. The number of phosphoric acid groups is 2. The van der Waals surface area contributed by atoms with Crippen molar-refractivity contribution < 1.29 is 80.2 Å². The zero-order valence-corrected chi connectivity index (χ0v) is 66.8. The van der Waals surface area contributed by atoms with E-state index in [4.69, 9.17) is 37.0 Å². The maximum absolute atomic E-state index is 13.1. The molecule has 0 saturated heterocycles. The summed E-state index contributed by atoms with van der Waals surface area (Å²) in [6, 6.07) is 0. The number of carbonyl (C=O) groups excluding carboxylic acids is 4. The van der Waals surface area contributed by atoms with Crippen molar-refractivity contribution in [3.63, 3.8) is 0 Å². The molecule has 3 N–H and O–H groups in total. The van der Waals surface area contributed by atoms with Crippen LogP contribution in [0.5, 0.6) is 0 Å². The molecule has 0 radical (unpaired) electrons. The van der Waals surface area contributed by atoms with Crippen LogP contribution in [0, 0.1) is 17.8 Å². The molecule has 0 fully saturated rings. The lowest BCUT2D eigenvalue weighted by atomic mass is 9.99. The van der Waals surface area contributed by atoms with Gasteiger partial charge < -0.3 is 33.8 Å². The topological polar surface area (TPSA) is 237 Å². The Kier molecular flexibility index (Phi) is 69.0. The fraction of sp³-hybridized carbons (Fsp3) is 0.950. The van der Waals surface area contributed by atoms with E-state index >= 15 is 0 Å². The van der Waals surface area contributed by atoms with Gasteiger partial charge in [-0.2, -0.15) is 0 Å². The predicted molar refractivity (Wildman–Crippen MR) is 405 cm³/mol. The molecule has 0 heterocycles. The van der Waals surface area contributed by atoms with Gasteiger partial charge >= 0.3 is 39.5 Å². The first kappa shape index (κ1) is 97.1. The van der Waals surface area contributed by atoms with Crippen LogP contribution in [0.2, 0.25) is 0 Å². The van der Waals surface area contributed by atoms with E-state index in [2.05, 4.69) is 48.5 Å². The monoisotopic (exact) mass is 1450 g/mol. The van der Waals surface area contributed by atoms with Crippen LogP contribution in [-0.2, 0) is 65.4 Å². The van der Waals surface area contributed by atoms with E-state index in [0.717, 1.165) is 108 Å². The third-order valence-electron chi connectivity index (χ3n) is 19.4. The van der Waals surface area contributed by atoms with Crippen molar-refractivity contribution in [2.45, 2.75) is 433 Å². The van der Waals surface area contributed by atoms with E-state index in [9.17, 15) is 43.2 Å². The second-order valence-electron chi connectivity index (χ2n) is 29.8. The quantitative estimate of drug-likeness (QED) is 0.0222. The van der Waals surface area contributed by atoms with Crippen LogP contribution in [0.1, 0.15) is 414 Å². The Hall–Kier alpha value is -1.94. The van der Waals surface area contributed by atoms with Crippen molar-refractivity contribution in [3.8, 4) is 0 Å². The molecule has 588 valence electrons. The SMILES string of the molecule is CCCCCCCCCCCCCCC(=O)OC[C@H](COP(=O)(O)OC[C@H](O)COP(=O)(O)OC[C@@H](COC(=O)CCCCCCCCCCCCC(C)C)OC(=O)CCCCCCCCCCCCCCCCCCCCC(C)CC)OC(=O)CCCCCCCCCCC(C)CC. The maximum Gasteiger partial charge on any atom is 0.472 e. The van der Waals surface area contributed by atoms with Gasteiger partial charge in [0, 0.05) is 25.7 Å². The van der Waals surface area contributed by atoms with Crippen LogP contribution in [0.25, 0.3) is 0 Å². The smallest absolute Gasteiger partial charge is 0.462 e. The first-order valence-corrected chi connectivity index (χ1v) is 44.4. The van der Waals surface area contributed by atoms with E-state index in [1.165, 1.54) is 225 Å². The van der Waals surface area contributed by atoms with E-state index in [1.54, 1.807) is 0 Å². The Balaban J connectivity index is 5.21. The number of aliphatic hydroxyl groups is 1. The first-order valence-electron chi connectivity index (χ1n) is 41.4. The van der Waals surface area contributed by atoms with Gasteiger partial charge in [-0.3, -0.25) is 37.3 Å². The second-order valence-corrected chi connectivity index (χ2v) is 32.7. The average Bonchev–Trinajstić information content (AvgIpc) is 0.954. The normalized spacial score (nSPS) is 14.5. The number of rotatable bonds is 78. The van der Waals surface area contributed by atoms with Crippen LogP contribution in [0.3, 0.4) is 0 Å². The second kappa shape index (κ2) is 70.4. The van der Waals surface area contributed by atoms with Crippen molar-refractivity contribution in [1.29, 1.82) is 0 Å². The molecule has 0 amide bonds. The molecule has 17 nitrogen and oxygen atoms in total. The molecular weight excluding hydrogens is 1290 g/mol. The van der Waals surface area contributed by atoms with E-state index in [-0.39, 0.29) is 25.7 Å². The summed E-state index contributed by atoms with van der Waals surface area (Å²) in [5, 5.41) is 10.6. The number of hydrogen-bond acceptors (Lipinski definition) is 15. The molecule has 7 atom stereocenters. The van der Waals surface area contributed by atoms with Gasteiger partial charge in [0.05, 0.1) is 26.4 Å². The molecule has 19 heteroatoms. The molecule has 0 bridgehead atoms. The highest BCUT2D eigenvalue weighted by molar-refractivity contribution is 7.47. The summed E-state index contributed by atoms with van der Waals surface area (Å²) in [6.45, 7) is 12.0. The van der Waals surface area contributed by atoms with Crippen LogP contribution in [-0.4, -0.2) is 96.7 Å². The molecular formula is C80H156O17P2. The highest BCUT2D eigenvalue weighted by Gasteiger charge is 2.30. The van der Waals surface area contributed by atoms with E-state index < -0.39 is 97.5 Å². The Morgan fingerprint density at radius 1 is 0.293 bits per heavy atom. The van der Waals surface area contributed by atoms with Gasteiger partial charge in [-0.05, 0) is 43.4 Å². The van der Waals surface area contributed by atoms with Gasteiger partial charge in [0.15, 0.2) is 12.2 Å². The summed E-state index contributed by atoms with van der Waals surface area (Å²) in [5.41, 5.74) is 0. The Morgan fingerprint density at radius 3 is 0.768 bits per heavy atom. The third kappa shape index (κ3) is 71.5. The fourth-order valence-corrected chi connectivity index (χ4v) is 13.8. The highest BCUT2D eigenvalue weighted by Crippen LogP contribution is 2.45. The van der Waals surface area contributed by atoms with E-state index in [1.807, 2.05) is 0 Å². The largest absolute Gasteiger partial charge is 0.472 e. The molecule has 0 aliphatic heterocycles. The summed E-state index contributed by atoms with van der Waals surface area (Å²) < 4.78 is 68.7. The van der Waals surface area contributed by atoms with Gasteiger partial charge in [0.1, 0.15) is 19.3 Å². The Bertz CT molecular complexity index is 1930. The molecule has 0 spiro atoms. The number of unbranched alkanes of at least 4 members (excludes halogenated alkanes) is 44. The molecule has 0 rings (SSSR count). The lowest BCUT2D eigenvalue weighted by Gasteiger charge is -2.21. The number of ether oxygens (including phenoxy) is 4. The third-order valence-corrected chi connectivity index (χ3v) is 21.3. The Morgan fingerprint density at radius 2 is 0.515 bits per heavy atom. The lowest BCUT2D eigenvalue weighted by Crippen LogP contribution is -2.30. The summed E-state index contributed by atoms with van der Waals surface area (Å²) in [6.07, 6.45) is 58.2. The predicted octanol–water partition coefficient (Wildman–Crippen LogP) is 23.7. The summed E-state index contributed by atoms with van der Waals surface area (Å²) in [7, 11) is -9.92. The number of phosphoric ester groups is 2. The number of esters is 4. The van der Waals surface area contributed by atoms with Gasteiger partial charge in [-0.15, -0.1) is 0 Å². The van der Waals surface area contributed by atoms with E-state index in [0.29, 0.717) is 25.7 Å². The standard InChI is InChI=1S/C80H156O17P2/c1-8-11-12-13-14-15-16-26-32-40-47-54-61-77(82)90-68-76(97-80(85)64-57-50-43-36-35-39-46-53-60-73(7)10-3)70-95-99(88,89)93-66-74(81)65-92-98(86,87)94-69-75(67-91-78(83)62-55-48-41-33-29-28-30-37-44-51-58-71(4)5)96-79(84)63-56-49-42-34-27-24-22-20-18-17-19-21-23-25-31-38-45-52-59-72(6)9-2/h71-76,81H,8-70H2,1-7H3,(H,86,87)(H,88,89)/t72?,73?,74-,75-,76-/m1/s1. The minimum atomic E-state index is -4.96. The summed E-state index contributed by atoms with van der Waals surface area (Å²) in [5.74, 6) is 0.286. The van der Waals surface area contributed by atoms with Gasteiger partial charge in [0.25, 0.3) is 0 Å². The van der Waals surface area contributed by atoms with Crippen LogP contribution in [0.15, 0.2) is 0 Å². The Labute approximate surface area is 607 Å². The van der Waals surface area contributed by atoms with Crippen molar-refractivity contribution in [1.82, 2.24) is 0 Å². The zero-order valence-electron chi connectivity index (χ0n) is 65.0. The number of carbonyl (C=O) groups is 4. The summed E-state index contributed by atoms with van der Waals surface area (Å²) in [4.78, 5) is 73.0. The van der Waals surface area contributed by atoms with Crippen molar-refractivity contribution in [3.05, 3.63) is 0 Å². The van der Waals surface area contributed by atoms with Crippen molar-refractivity contribution >= 4 is 39.5 Å². The fourth-order valence-electron chi connectivity index (χ4n) is 12.2. The average molecular weight is 1450 g/mol. The molecule has 0 aliphatic carbocycles. The number of hydrogen-bond donors (Lipinski definition) is 3. The van der Waals surface area contributed by atoms with Gasteiger partial charge in [-0.1, -0.05) is 363 Å². The molecule has 99 heavy (non-hydrogen) atoms. The number of aliphatic hydroxyl groups excluding tert-OH is 1. The molecule has 4 unspecified atom stereocenters. The summed E-state index contributed by atoms with van der Waals surface area (Å²) >= 11 is 0. The minimum absolute atomic E-state index is 0.105. The maximum atomic E-state index is 13.1. The van der Waals surface area contributed by atoms with Crippen LogP contribution in [0.4, 0.5) is 0 Å². The highest BCUT2D eigenvalue weighted by atomic mass is 31.2. The molecule has 0 aliphatic rings. The lowest BCUT2D eigenvalue weighted by molar-refractivity contribution is -0.161.